The molecule has 20 heavy (non-hydrogen) atoms. The van der Waals surface area contributed by atoms with E-state index >= 15 is 0 Å². The fourth-order valence-corrected chi connectivity index (χ4v) is 2.43. The summed E-state index contributed by atoms with van der Waals surface area (Å²) in [5.74, 6) is -0.987. The number of carbonyl (C=O) groups is 2. The standard InChI is InChI=1S/C14H20N2O4/c1-8-9(13(18)19)5-6-16(8)12(17)10-7-11(20-15-10)14(2,3)4/h7-9H,5-6H2,1-4H3,(H,18,19). The molecule has 1 aliphatic heterocycles. The van der Waals surface area contributed by atoms with Crippen molar-refractivity contribution in [2.45, 2.75) is 45.6 Å². The molecule has 0 aliphatic carbocycles. The van der Waals surface area contributed by atoms with Gasteiger partial charge in [0.15, 0.2) is 5.69 Å². The highest BCUT2D eigenvalue weighted by atomic mass is 16.5. The highest BCUT2D eigenvalue weighted by molar-refractivity contribution is 5.93. The molecule has 6 nitrogen and oxygen atoms in total. The minimum atomic E-state index is -0.858. The van der Waals surface area contributed by atoms with E-state index in [0.29, 0.717) is 18.7 Å². The van der Waals surface area contributed by atoms with Crippen molar-refractivity contribution in [2.24, 2.45) is 5.92 Å². The van der Waals surface area contributed by atoms with E-state index in [1.165, 1.54) is 0 Å². The van der Waals surface area contributed by atoms with Gasteiger partial charge in [0.05, 0.1) is 5.92 Å². The van der Waals surface area contributed by atoms with E-state index in [-0.39, 0.29) is 23.1 Å². The van der Waals surface area contributed by atoms with Gasteiger partial charge in [-0.2, -0.15) is 0 Å². The third-order valence-electron chi connectivity index (χ3n) is 3.80. The summed E-state index contributed by atoms with van der Waals surface area (Å²) in [7, 11) is 0. The molecule has 1 saturated heterocycles. The number of aromatic nitrogens is 1. The summed E-state index contributed by atoms with van der Waals surface area (Å²) >= 11 is 0. The Bertz CT molecular complexity index is 530. The van der Waals surface area contributed by atoms with Crippen molar-refractivity contribution in [3.8, 4) is 0 Å². The topological polar surface area (TPSA) is 83.6 Å². The van der Waals surface area contributed by atoms with Gasteiger partial charge in [0.1, 0.15) is 5.76 Å². The lowest BCUT2D eigenvalue weighted by Crippen LogP contribution is -2.37. The van der Waals surface area contributed by atoms with Crippen molar-refractivity contribution in [3.63, 3.8) is 0 Å². The molecule has 0 aromatic carbocycles. The molecule has 0 bridgehead atoms. The molecule has 0 saturated carbocycles. The van der Waals surface area contributed by atoms with Crippen LogP contribution in [0.15, 0.2) is 10.6 Å². The third-order valence-corrected chi connectivity index (χ3v) is 3.80. The Labute approximate surface area is 117 Å². The van der Waals surface area contributed by atoms with Gasteiger partial charge in [-0.25, -0.2) is 0 Å². The predicted octanol–water partition coefficient (Wildman–Crippen LogP) is 1.91. The molecule has 110 valence electrons. The van der Waals surface area contributed by atoms with Gasteiger partial charge in [0, 0.05) is 24.1 Å². The number of aliphatic carboxylic acids is 1. The summed E-state index contributed by atoms with van der Waals surface area (Å²) in [6.07, 6.45) is 0.478. The van der Waals surface area contributed by atoms with Crippen LogP contribution in [0.4, 0.5) is 0 Å². The quantitative estimate of drug-likeness (QED) is 0.894. The van der Waals surface area contributed by atoms with Crippen molar-refractivity contribution < 1.29 is 19.2 Å². The van der Waals surface area contributed by atoms with Crippen LogP contribution in [0, 0.1) is 5.92 Å². The number of hydrogen-bond donors (Lipinski definition) is 1. The molecule has 0 radical (unpaired) electrons. The molecule has 1 fully saturated rings. The first-order valence-electron chi connectivity index (χ1n) is 6.73. The van der Waals surface area contributed by atoms with Gasteiger partial charge < -0.3 is 14.5 Å². The van der Waals surface area contributed by atoms with E-state index in [0.717, 1.165) is 0 Å². The van der Waals surface area contributed by atoms with Gasteiger partial charge in [-0.3, -0.25) is 9.59 Å². The average molecular weight is 280 g/mol. The Kier molecular flexibility index (Phi) is 3.58. The normalized spacial score (nSPS) is 23.1. The Balaban J connectivity index is 2.17. The number of amides is 1. The molecule has 0 spiro atoms. The van der Waals surface area contributed by atoms with Crippen LogP contribution < -0.4 is 0 Å². The Hall–Kier alpha value is -1.85. The molecular weight excluding hydrogens is 260 g/mol. The first-order chi connectivity index (χ1) is 9.21. The summed E-state index contributed by atoms with van der Waals surface area (Å²) < 4.78 is 5.21. The van der Waals surface area contributed by atoms with Crippen molar-refractivity contribution in [3.05, 3.63) is 17.5 Å². The molecular formula is C14H20N2O4. The van der Waals surface area contributed by atoms with Crippen molar-refractivity contribution in [1.82, 2.24) is 10.1 Å². The van der Waals surface area contributed by atoms with Crippen LogP contribution >= 0.6 is 0 Å². The monoisotopic (exact) mass is 280 g/mol. The number of rotatable bonds is 2. The molecule has 1 aliphatic rings. The Morgan fingerprint density at radius 2 is 2.10 bits per heavy atom. The maximum absolute atomic E-state index is 12.4. The zero-order valence-corrected chi connectivity index (χ0v) is 12.2. The van der Waals surface area contributed by atoms with Crippen LogP contribution in [-0.2, 0) is 10.2 Å². The summed E-state index contributed by atoms with van der Waals surface area (Å²) in [6.45, 7) is 8.12. The average Bonchev–Trinajstić information content (AvgIpc) is 2.93. The number of likely N-dealkylation sites (tertiary alicyclic amines) is 1. The van der Waals surface area contributed by atoms with Crippen LogP contribution in [-0.4, -0.2) is 39.6 Å². The molecule has 6 heteroatoms. The second-order valence-electron chi connectivity index (χ2n) is 6.30. The predicted molar refractivity (Wildman–Crippen MR) is 71.4 cm³/mol. The van der Waals surface area contributed by atoms with Crippen LogP contribution in [0.25, 0.3) is 0 Å². The van der Waals surface area contributed by atoms with Crippen LogP contribution in [0.1, 0.15) is 50.4 Å². The number of carboxylic acids is 1. The second-order valence-corrected chi connectivity index (χ2v) is 6.30. The van der Waals surface area contributed by atoms with E-state index in [1.807, 2.05) is 20.8 Å². The van der Waals surface area contributed by atoms with Crippen molar-refractivity contribution >= 4 is 11.9 Å². The first kappa shape index (κ1) is 14.6. The van der Waals surface area contributed by atoms with Gasteiger partial charge in [-0.1, -0.05) is 25.9 Å². The minimum absolute atomic E-state index is 0.217. The number of carbonyl (C=O) groups excluding carboxylic acids is 1. The number of nitrogens with zero attached hydrogens (tertiary/aromatic N) is 2. The lowest BCUT2D eigenvalue weighted by atomic mass is 9.93. The van der Waals surface area contributed by atoms with Crippen molar-refractivity contribution in [1.29, 1.82) is 0 Å². The lowest BCUT2D eigenvalue weighted by molar-refractivity contribution is -0.142. The van der Waals surface area contributed by atoms with Crippen LogP contribution in [0.3, 0.4) is 0 Å². The van der Waals surface area contributed by atoms with E-state index in [9.17, 15) is 9.59 Å². The van der Waals surface area contributed by atoms with E-state index < -0.39 is 11.9 Å². The SMILES string of the molecule is CC1C(C(=O)O)CCN1C(=O)c1cc(C(C)(C)C)on1. The molecule has 1 aromatic rings. The summed E-state index contributed by atoms with van der Waals surface area (Å²) in [6, 6.07) is 1.32. The smallest absolute Gasteiger partial charge is 0.308 e. The van der Waals surface area contributed by atoms with Gasteiger partial charge >= 0.3 is 5.97 Å². The van der Waals surface area contributed by atoms with Crippen molar-refractivity contribution in [2.75, 3.05) is 6.54 Å². The largest absolute Gasteiger partial charge is 0.481 e. The van der Waals surface area contributed by atoms with Crippen LogP contribution in [0.5, 0.6) is 0 Å². The van der Waals surface area contributed by atoms with Crippen LogP contribution in [0.2, 0.25) is 0 Å². The number of hydrogen-bond acceptors (Lipinski definition) is 4. The summed E-state index contributed by atoms with van der Waals surface area (Å²) in [4.78, 5) is 25.0. The van der Waals surface area contributed by atoms with E-state index in [2.05, 4.69) is 5.16 Å². The highest BCUT2D eigenvalue weighted by Crippen LogP contribution is 2.27. The molecule has 2 rings (SSSR count). The Morgan fingerprint density at radius 1 is 1.45 bits per heavy atom. The van der Waals surface area contributed by atoms with Gasteiger partial charge in [0.25, 0.3) is 5.91 Å². The van der Waals surface area contributed by atoms with Gasteiger partial charge in [-0.15, -0.1) is 0 Å². The Morgan fingerprint density at radius 3 is 2.55 bits per heavy atom. The van der Waals surface area contributed by atoms with Gasteiger partial charge in [0.2, 0.25) is 0 Å². The minimum Gasteiger partial charge on any atom is -0.481 e. The van der Waals surface area contributed by atoms with Gasteiger partial charge in [-0.05, 0) is 13.3 Å². The maximum Gasteiger partial charge on any atom is 0.308 e. The maximum atomic E-state index is 12.4. The lowest BCUT2D eigenvalue weighted by Gasteiger charge is -2.22. The molecule has 2 unspecified atom stereocenters. The van der Waals surface area contributed by atoms with E-state index in [4.69, 9.17) is 9.63 Å². The number of carboxylic acid groups (broad SMARTS) is 1. The summed E-state index contributed by atoms with van der Waals surface area (Å²) in [5.41, 5.74) is 0.0268. The molecule has 2 heterocycles. The fourth-order valence-electron chi connectivity index (χ4n) is 2.43. The first-order valence-corrected chi connectivity index (χ1v) is 6.73. The molecule has 2 atom stereocenters. The molecule has 1 N–H and O–H groups in total. The molecule has 1 amide bonds. The third kappa shape index (κ3) is 2.55. The zero-order valence-electron chi connectivity index (χ0n) is 12.2. The zero-order chi connectivity index (χ0) is 15.1. The van der Waals surface area contributed by atoms with E-state index in [1.54, 1.807) is 17.9 Å². The fraction of sp³-hybridized carbons (Fsp3) is 0.643. The summed E-state index contributed by atoms with van der Waals surface area (Å²) in [5, 5.41) is 12.9. The highest BCUT2D eigenvalue weighted by Gasteiger charge is 2.39. The molecule has 1 aromatic heterocycles. The second kappa shape index (κ2) is 4.92.